The van der Waals surface area contributed by atoms with Crippen molar-refractivity contribution in [1.29, 1.82) is 0 Å². The molecule has 1 saturated carbocycles. The van der Waals surface area contributed by atoms with Gasteiger partial charge in [0.15, 0.2) is 0 Å². The van der Waals surface area contributed by atoms with Crippen LogP contribution in [0.1, 0.15) is 43.7 Å². The molecule has 1 aliphatic rings. The fourth-order valence-corrected chi connectivity index (χ4v) is 4.23. The summed E-state index contributed by atoms with van der Waals surface area (Å²) in [6, 6.07) is 21.4. The van der Waals surface area contributed by atoms with Crippen LogP contribution < -0.4 is 0 Å². The average molecular weight is 322 g/mol. The summed E-state index contributed by atoms with van der Waals surface area (Å²) in [6.07, 6.45) is 6.74. The predicted octanol–water partition coefficient (Wildman–Crippen LogP) is 5.89. The number of aryl methyl sites for hydroxylation is 1. The van der Waals surface area contributed by atoms with Gasteiger partial charge in [-0.25, -0.2) is 0 Å². The van der Waals surface area contributed by atoms with Gasteiger partial charge in [0.1, 0.15) is 0 Å². The quantitative estimate of drug-likeness (QED) is 0.589. The third-order valence-electron chi connectivity index (χ3n) is 5.59. The summed E-state index contributed by atoms with van der Waals surface area (Å²) in [5, 5.41) is 0. The van der Waals surface area contributed by atoms with Crippen LogP contribution in [0.4, 0.5) is 0 Å². The molecule has 24 heavy (non-hydrogen) atoms. The highest BCUT2D eigenvalue weighted by atomic mass is 16.5. The molecule has 2 aromatic rings. The van der Waals surface area contributed by atoms with Crippen molar-refractivity contribution in [2.45, 2.75) is 45.6 Å². The average Bonchev–Trinajstić information content (AvgIpc) is 3.10. The third kappa shape index (κ3) is 4.95. The summed E-state index contributed by atoms with van der Waals surface area (Å²) >= 11 is 0. The Morgan fingerprint density at radius 3 is 2.29 bits per heavy atom. The van der Waals surface area contributed by atoms with Crippen molar-refractivity contribution in [2.24, 2.45) is 17.8 Å². The summed E-state index contributed by atoms with van der Waals surface area (Å²) in [6.45, 7) is 4.02. The van der Waals surface area contributed by atoms with Gasteiger partial charge in [-0.3, -0.25) is 0 Å². The van der Waals surface area contributed by atoms with Crippen LogP contribution in [0, 0.1) is 17.8 Å². The van der Waals surface area contributed by atoms with E-state index in [4.69, 9.17) is 4.74 Å². The van der Waals surface area contributed by atoms with Crippen LogP contribution in [0.2, 0.25) is 0 Å². The first-order valence-corrected chi connectivity index (χ1v) is 9.48. The minimum atomic E-state index is 0.664. The van der Waals surface area contributed by atoms with Crippen LogP contribution in [0.25, 0.3) is 0 Å². The SMILES string of the molecule is C[C@H](COCc1ccccc1)[C@H]1CCC[C@@H]1CCc1ccccc1. The highest BCUT2D eigenvalue weighted by molar-refractivity contribution is 5.15. The molecular formula is C23H30O. The molecule has 3 atom stereocenters. The molecule has 0 saturated heterocycles. The molecule has 0 radical (unpaired) electrons. The van der Waals surface area contributed by atoms with Gasteiger partial charge < -0.3 is 4.74 Å². The van der Waals surface area contributed by atoms with E-state index in [2.05, 4.69) is 67.6 Å². The molecule has 0 aliphatic heterocycles. The molecule has 128 valence electrons. The van der Waals surface area contributed by atoms with Gasteiger partial charge in [0.25, 0.3) is 0 Å². The Morgan fingerprint density at radius 2 is 1.58 bits per heavy atom. The van der Waals surface area contributed by atoms with E-state index in [1.165, 1.54) is 43.2 Å². The van der Waals surface area contributed by atoms with Crippen molar-refractivity contribution in [1.82, 2.24) is 0 Å². The largest absolute Gasteiger partial charge is 0.376 e. The predicted molar refractivity (Wildman–Crippen MR) is 101 cm³/mol. The summed E-state index contributed by atoms with van der Waals surface area (Å²) in [7, 11) is 0. The molecule has 0 N–H and O–H groups in total. The zero-order valence-electron chi connectivity index (χ0n) is 14.9. The maximum atomic E-state index is 6.01. The molecule has 1 heteroatoms. The van der Waals surface area contributed by atoms with E-state index in [0.717, 1.165) is 25.0 Å². The highest BCUT2D eigenvalue weighted by Gasteiger charge is 2.31. The van der Waals surface area contributed by atoms with E-state index in [-0.39, 0.29) is 0 Å². The lowest BCUT2D eigenvalue weighted by Gasteiger charge is -2.26. The molecule has 0 amide bonds. The van der Waals surface area contributed by atoms with Crippen molar-refractivity contribution < 1.29 is 4.74 Å². The Labute approximate surface area is 147 Å². The van der Waals surface area contributed by atoms with Gasteiger partial charge in [-0.1, -0.05) is 80.4 Å². The van der Waals surface area contributed by atoms with Gasteiger partial charge in [-0.05, 0) is 48.1 Å². The second-order valence-electron chi connectivity index (χ2n) is 7.36. The molecule has 2 aromatic carbocycles. The second kappa shape index (κ2) is 9.03. The van der Waals surface area contributed by atoms with E-state index in [0.29, 0.717) is 5.92 Å². The summed E-state index contributed by atoms with van der Waals surface area (Å²) in [4.78, 5) is 0. The van der Waals surface area contributed by atoms with Gasteiger partial charge in [-0.2, -0.15) is 0 Å². The number of rotatable bonds is 8. The number of ether oxygens (including phenoxy) is 1. The van der Waals surface area contributed by atoms with Gasteiger partial charge >= 0.3 is 0 Å². The van der Waals surface area contributed by atoms with Crippen LogP contribution in [-0.4, -0.2) is 6.61 Å². The summed E-state index contributed by atoms with van der Waals surface area (Å²) in [5.74, 6) is 2.38. The molecule has 1 nitrogen and oxygen atoms in total. The first kappa shape index (κ1) is 17.2. The standard InChI is InChI=1S/C23H30O/c1-19(17-24-18-21-11-6-3-7-12-21)23-14-8-13-22(23)16-15-20-9-4-2-5-10-20/h2-7,9-12,19,22-23H,8,13-18H2,1H3/t19-,22-,23-/m1/s1. The summed E-state index contributed by atoms with van der Waals surface area (Å²) in [5.41, 5.74) is 2.76. The molecule has 0 heterocycles. The van der Waals surface area contributed by atoms with Crippen LogP contribution in [0.5, 0.6) is 0 Å². The normalized spacial score (nSPS) is 21.7. The summed E-state index contributed by atoms with van der Waals surface area (Å²) < 4.78 is 6.01. The maximum absolute atomic E-state index is 6.01. The first-order chi connectivity index (χ1) is 11.8. The van der Waals surface area contributed by atoms with Crippen LogP contribution in [-0.2, 0) is 17.8 Å². The molecule has 1 aliphatic carbocycles. The second-order valence-corrected chi connectivity index (χ2v) is 7.36. The zero-order valence-corrected chi connectivity index (χ0v) is 14.9. The van der Waals surface area contributed by atoms with E-state index >= 15 is 0 Å². The molecule has 0 bridgehead atoms. The topological polar surface area (TPSA) is 9.23 Å². The third-order valence-corrected chi connectivity index (χ3v) is 5.59. The van der Waals surface area contributed by atoms with Crippen molar-refractivity contribution in [3.8, 4) is 0 Å². The Hall–Kier alpha value is -1.60. The van der Waals surface area contributed by atoms with Crippen LogP contribution in [0.3, 0.4) is 0 Å². The number of hydrogen-bond donors (Lipinski definition) is 0. The first-order valence-electron chi connectivity index (χ1n) is 9.48. The highest BCUT2D eigenvalue weighted by Crippen LogP contribution is 2.39. The molecule has 0 unspecified atom stereocenters. The minimum absolute atomic E-state index is 0.664. The Kier molecular flexibility index (Phi) is 6.48. The lowest BCUT2D eigenvalue weighted by Crippen LogP contribution is -2.21. The van der Waals surface area contributed by atoms with E-state index < -0.39 is 0 Å². The fraction of sp³-hybridized carbons (Fsp3) is 0.478. The van der Waals surface area contributed by atoms with Crippen molar-refractivity contribution >= 4 is 0 Å². The molecule has 3 rings (SSSR count). The minimum Gasteiger partial charge on any atom is -0.376 e. The van der Waals surface area contributed by atoms with Gasteiger partial charge in [0.2, 0.25) is 0 Å². The smallest absolute Gasteiger partial charge is 0.0717 e. The van der Waals surface area contributed by atoms with E-state index in [1.807, 2.05) is 0 Å². The van der Waals surface area contributed by atoms with Gasteiger partial charge in [-0.15, -0.1) is 0 Å². The fourth-order valence-electron chi connectivity index (χ4n) is 4.23. The van der Waals surface area contributed by atoms with Crippen LogP contribution in [0.15, 0.2) is 60.7 Å². The van der Waals surface area contributed by atoms with Crippen LogP contribution >= 0.6 is 0 Å². The van der Waals surface area contributed by atoms with E-state index in [1.54, 1.807) is 0 Å². The lowest BCUT2D eigenvalue weighted by atomic mass is 9.82. The van der Waals surface area contributed by atoms with Gasteiger partial charge in [0, 0.05) is 6.61 Å². The molecule has 1 fully saturated rings. The Balaban J connectivity index is 1.44. The van der Waals surface area contributed by atoms with E-state index in [9.17, 15) is 0 Å². The molecule has 0 spiro atoms. The van der Waals surface area contributed by atoms with Crippen molar-refractivity contribution in [3.05, 3.63) is 71.8 Å². The number of benzene rings is 2. The van der Waals surface area contributed by atoms with Crippen molar-refractivity contribution in [3.63, 3.8) is 0 Å². The van der Waals surface area contributed by atoms with Gasteiger partial charge in [0.05, 0.1) is 6.61 Å². The monoisotopic (exact) mass is 322 g/mol. The Morgan fingerprint density at radius 1 is 0.917 bits per heavy atom. The zero-order chi connectivity index (χ0) is 16.6. The lowest BCUT2D eigenvalue weighted by molar-refractivity contribution is 0.0631. The Bertz CT molecular complexity index is 577. The maximum Gasteiger partial charge on any atom is 0.0717 e. The number of hydrogen-bond acceptors (Lipinski definition) is 1. The van der Waals surface area contributed by atoms with Crippen molar-refractivity contribution in [2.75, 3.05) is 6.61 Å². The molecular weight excluding hydrogens is 292 g/mol. The molecule has 0 aromatic heterocycles.